The first-order valence-corrected chi connectivity index (χ1v) is 12.7. The van der Waals surface area contributed by atoms with Gasteiger partial charge in [-0.25, -0.2) is 0 Å². The third-order valence-electron chi connectivity index (χ3n) is 7.45. The summed E-state index contributed by atoms with van der Waals surface area (Å²) in [5.74, 6) is 0.307. The monoisotopic (exact) mass is 510 g/mol. The molecule has 1 aliphatic carbocycles. The normalized spacial score (nSPS) is 12.7. The molecule has 4 nitrogen and oxygen atoms in total. The van der Waals surface area contributed by atoms with E-state index in [4.69, 9.17) is 5.11 Å². The first-order valence-electron chi connectivity index (χ1n) is 12.7. The van der Waals surface area contributed by atoms with E-state index in [0.29, 0.717) is 5.39 Å². The van der Waals surface area contributed by atoms with Crippen LogP contribution in [0.4, 0.5) is 0 Å². The second-order valence-electron chi connectivity index (χ2n) is 9.53. The van der Waals surface area contributed by atoms with Gasteiger partial charge in [-0.05, 0) is 45.8 Å². The van der Waals surface area contributed by atoms with Crippen molar-refractivity contribution in [1.82, 2.24) is 0 Å². The molecule has 0 fully saturated rings. The Morgan fingerprint density at radius 2 is 0.795 bits per heavy atom. The zero-order valence-electron chi connectivity index (χ0n) is 21.0. The number of phenols is 4. The molecule has 0 bridgehead atoms. The Morgan fingerprint density at radius 3 is 1.33 bits per heavy atom. The van der Waals surface area contributed by atoms with E-state index in [1.54, 1.807) is 24.3 Å². The molecular formula is C35H26O4. The number of hydrogen-bond acceptors (Lipinski definition) is 4. The third-order valence-corrected chi connectivity index (χ3v) is 7.45. The maximum absolute atomic E-state index is 10.9. The molecule has 39 heavy (non-hydrogen) atoms. The maximum atomic E-state index is 10.9. The van der Waals surface area contributed by atoms with Crippen LogP contribution in [0.3, 0.4) is 0 Å². The lowest BCUT2D eigenvalue weighted by Gasteiger charge is -2.34. The topological polar surface area (TPSA) is 80.9 Å². The van der Waals surface area contributed by atoms with E-state index < -0.39 is 5.41 Å². The Hall–Kier alpha value is -5.22. The smallest absolute Gasteiger partial charge is 0.165 e. The van der Waals surface area contributed by atoms with Gasteiger partial charge >= 0.3 is 0 Å². The van der Waals surface area contributed by atoms with Crippen LogP contribution in [-0.4, -0.2) is 20.4 Å². The summed E-state index contributed by atoms with van der Waals surface area (Å²) in [7, 11) is 0. The van der Waals surface area contributed by atoms with E-state index in [1.165, 1.54) is 6.07 Å². The number of para-hydroxylation sites is 2. The molecule has 0 aliphatic heterocycles. The average Bonchev–Trinajstić information content (AvgIpc) is 3.27. The molecule has 0 spiro atoms. The minimum atomic E-state index is -0.774. The summed E-state index contributed by atoms with van der Waals surface area (Å²) in [5.41, 5.74) is 5.14. The Bertz CT molecular complexity index is 1730. The summed E-state index contributed by atoms with van der Waals surface area (Å²) in [6.45, 7) is 0. The summed E-state index contributed by atoms with van der Waals surface area (Å²) >= 11 is 0. The molecule has 0 heterocycles. The molecule has 0 aromatic heterocycles. The van der Waals surface area contributed by atoms with E-state index >= 15 is 0 Å². The fourth-order valence-electron chi connectivity index (χ4n) is 5.79. The predicted octanol–water partition coefficient (Wildman–Crippen LogP) is 7.71. The van der Waals surface area contributed by atoms with Crippen LogP contribution in [0.15, 0.2) is 133 Å². The molecule has 0 unspecified atom stereocenters. The zero-order chi connectivity index (χ0) is 27.0. The van der Waals surface area contributed by atoms with Crippen molar-refractivity contribution >= 4 is 10.8 Å². The lowest BCUT2D eigenvalue weighted by Crippen LogP contribution is -2.28. The van der Waals surface area contributed by atoms with Gasteiger partial charge in [0.1, 0.15) is 11.5 Å². The molecule has 7 rings (SSSR count). The van der Waals surface area contributed by atoms with Crippen molar-refractivity contribution < 1.29 is 20.4 Å². The zero-order valence-corrected chi connectivity index (χ0v) is 21.0. The standard InChI is InChI=1S/C25H18O2.C10H8O2/c26-23-15-7-5-13-21(23)25(22-14-6-8-16-24(22)27)19-11-3-1-9-17(19)18-10-2-4-12-20(18)25;11-9-6-5-7-3-1-2-4-8(7)10(9)12/h1-16,26-27H;1-6,11-12H. The Kier molecular flexibility index (Phi) is 5.93. The number of aromatic hydroxyl groups is 4. The highest BCUT2D eigenvalue weighted by Gasteiger charge is 2.48. The predicted molar refractivity (Wildman–Crippen MR) is 154 cm³/mol. The summed E-state index contributed by atoms with van der Waals surface area (Å²) in [4.78, 5) is 0. The van der Waals surface area contributed by atoms with Gasteiger partial charge in [-0.1, -0.05) is 115 Å². The molecule has 4 heteroatoms. The highest BCUT2D eigenvalue weighted by Crippen LogP contribution is 2.58. The van der Waals surface area contributed by atoms with Crippen LogP contribution in [0, 0.1) is 0 Å². The van der Waals surface area contributed by atoms with E-state index in [9.17, 15) is 15.3 Å². The quantitative estimate of drug-likeness (QED) is 0.180. The summed E-state index contributed by atoms with van der Waals surface area (Å²) < 4.78 is 0. The first kappa shape index (κ1) is 24.1. The van der Waals surface area contributed by atoms with Gasteiger partial charge in [0.05, 0.1) is 5.41 Å². The number of fused-ring (bicyclic) bond motifs is 4. The van der Waals surface area contributed by atoms with Crippen molar-refractivity contribution in [2.75, 3.05) is 0 Å². The minimum absolute atomic E-state index is 0.0481. The van der Waals surface area contributed by atoms with Crippen LogP contribution in [0.1, 0.15) is 22.3 Å². The fraction of sp³-hybridized carbons (Fsp3) is 0.0286. The van der Waals surface area contributed by atoms with Crippen LogP contribution < -0.4 is 0 Å². The fourth-order valence-corrected chi connectivity index (χ4v) is 5.79. The van der Waals surface area contributed by atoms with Gasteiger partial charge in [0.15, 0.2) is 11.5 Å². The lowest BCUT2D eigenvalue weighted by atomic mass is 9.67. The molecule has 4 N–H and O–H groups in total. The van der Waals surface area contributed by atoms with Gasteiger partial charge in [-0.3, -0.25) is 0 Å². The highest BCUT2D eigenvalue weighted by atomic mass is 16.3. The van der Waals surface area contributed by atoms with E-state index in [1.807, 2.05) is 78.9 Å². The summed E-state index contributed by atoms with van der Waals surface area (Å²) in [6.07, 6.45) is 0. The number of benzene rings is 6. The highest BCUT2D eigenvalue weighted by molar-refractivity contribution is 5.90. The number of rotatable bonds is 2. The van der Waals surface area contributed by atoms with Crippen molar-refractivity contribution in [3.05, 3.63) is 156 Å². The summed E-state index contributed by atoms with van der Waals surface area (Å²) in [6, 6.07) is 41.9. The average molecular weight is 511 g/mol. The van der Waals surface area contributed by atoms with Crippen molar-refractivity contribution in [2.24, 2.45) is 0 Å². The summed E-state index contributed by atoms with van der Waals surface area (Å²) in [5, 5.41) is 41.9. The lowest BCUT2D eigenvalue weighted by molar-refractivity contribution is 0.408. The van der Waals surface area contributed by atoms with Crippen molar-refractivity contribution in [3.63, 3.8) is 0 Å². The van der Waals surface area contributed by atoms with Crippen LogP contribution in [-0.2, 0) is 5.41 Å². The number of hydrogen-bond donors (Lipinski definition) is 4. The SMILES string of the molecule is Oc1ccc2ccccc2c1O.Oc1ccccc1C1(c2ccccc2O)c2ccccc2-c2ccccc21. The van der Waals surface area contributed by atoms with Gasteiger partial charge in [0.2, 0.25) is 0 Å². The molecule has 6 aromatic rings. The maximum Gasteiger partial charge on any atom is 0.165 e. The molecule has 6 aromatic carbocycles. The van der Waals surface area contributed by atoms with Gasteiger partial charge in [-0.15, -0.1) is 0 Å². The third kappa shape index (κ3) is 3.77. The number of phenolic OH excluding ortho intramolecular Hbond substituents is 4. The Balaban J connectivity index is 0.000000193. The molecule has 0 atom stereocenters. The van der Waals surface area contributed by atoms with E-state index in [2.05, 4.69) is 24.3 Å². The van der Waals surface area contributed by atoms with E-state index in [-0.39, 0.29) is 23.0 Å². The Labute approximate surface area is 226 Å². The van der Waals surface area contributed by atoms with Crippen LogP contribution in [0.2, 0.25) is 0 Å². The van der Waals surface area contributed by atoms with Crippen LogP contribution in [0.5, 0.6) is 23.0 Å². The second-order valence-corrected chi connectivity index (χ2v) is 9.53. The van der Waals surface area contributed by atoms with Gasteiger partial charge in [0, 0.05) is 16.5 Å². The van der Waals surface area contributed by atoms with Gasteiger partial charge in [-0.2, -0.15) is 0 Å². The molecule has 0 radical (unpaired) electrons. The Morgan fingerprint density at radius 1 is 0.359 bits per heavy atom. The second kappa shape index (κ2) is 9.58. The molecular weight excluding hydrogens is 484 g/mol. The van der Waals surface area contributed by atoms with Crippen molar-refractivity contribution in [3.8, 4) is 34.1 Å². The van der Waals surface area contributed by atoms with Crippen molar-refractivity contribution in [1.29, 1.82) is 0 Å². The molecule has 0 saturated carbocycles. The first-order chi connectivity index (χ1) is 19.0. The van der Waals surface area contributed by atoms with E-state index in [0.717, 1.165) is 38.8 Å². The van der Waals surface area contributed by atoms with Gasteiger partial charge < -0.3 is 20.4 Å². The van der Waals surface area contributed by atoms with Crippen LogP contribution in [0.25, 0.3) is 21.9 Å². The minimum Gasteiger partial charge on any atom is -0.508 e. The van der Waals surface area contributed by atoms with Crippen LogP contribution >= 0.6 is 0 Å². The molecule has 190 valence electrons. The molecule has 0 saturated heterocycles. The molecule has 1 aliphatic rings. The largest absolute Gasteiger partial charge is 0.508 e. The van der Waals surface area contributed by atoms with Gasteiger partial charge in [0.25, 0.3) is 0 Å². The molecule has 0 amide bonds. The van der Waals surface area contributed by atoms with Crippen molar-refractivity contribution in [2.45, 2.75) is 5.41 Å².